The Kier molecular flexibility index (Phi) is 4.08. The molecule has 3 heterocycles. The van der Waals surface area contributed by atoms with Gasteiger partial charge in [0.05, 0.1) is 12.7 Å². The van der Waals surface area contributed by atoms with E-state index in [1.165, 1.54) is 6.26 Å². The summed E-state index contributed by atoms with van der Waals surface area (Å²) in [5.41, 5.74) is 2.26. The molecule has 6 heteroatoms. The van der Waals surface area contributed by atoms with Crippen LogP contribution in [0.15, 0.2) is 64.3 Å². The van der Waals surface area contributed by atoms with Crippen LogP contribution < -0.4 is 10.9 Å². The second-order valence-corrected chi connectivity index (χ2v) is 6.33. The first-order valence-corrected chi connectivity index (χ1v) is 8.50. The number of hydrogen-bond acceptors (Lipinski definition) is 3. The van der Waals surface area contributed by atoms with Crippen molar-refractivity contribution >= 4 is 27.8 Å². The van der Waals surface area contributed by atoms with E-state index in [9.17, 15) is 9.59 Å². The molecule has 0 saturated carbocycles. The van der Waals surface area contributed by atoms with Crippen molar-refractivity contribution in [3.63, 3.8) is 0 Å². The third kappa shape index (κ3) is 2.90. The number of aromatic nitrogens is 2. The van der Waals surface area contributed by atoms with Gasteiger partial charge >= 0.3 is 0 Å². The number of pyridine rings is 1. The van der Waals surface area contributed by atoms with E-state index in [0.717, 1.165) is 21.9 Å². The topological polar surface area (TPSA) is 69.2 Å². The molecule has 1 aromatic carbocycles. The highest BCUT2D eigenvalue weighted by Crippen LogP contribution is 2.20. The zero-order valence-corrected chi connectivity index (χ0v) is 14.4. The normalized spacial score (nSPS) is 11.3. The van der Waals surface area contributed by atoms with Crippen molar-refractivity contribution in [3.8, 4) is 0 Å². The molecule has 1 N–H and O–H groups in total. The molecule has 0 bridgehead atoms. The van der Waals surface area contributed by atoms with Crippen molar-refractivity contribution in [1.82, 2.24) is 14.5 Å². The molecule has 0 spiro atoms. The Bertz CT molecular complexity index is 1150. The molecular weight excluding hydrogens is 330 g/mol. The summed E-state index contributed by atoms with van der Waals surface area (Å²) in [6.45, 7) is 0.784. The number of nitrogens with zero attached hydrogens (tertiary/aromatic N) is 2. The number of aryl methyl sites for hydroxylation is 1. The van der Waals surface area contributed by atoms with Crippen LogP contribution in [0.1, 0.15) is 5.56 Å². The monoisotopic (exact) mass is 349 g/mol. The molecule has 0 atom stereocenters. The summed E-state index contributed by atoms with van der Waals surface area (Å²) >= 11 is 0. The van der Waals surface area contributed by atoms with Gasteiger partial charge in [0.15, 0.2) is 5.58 Å². The van der Waals surface area contributed by atoms with Gasteiger partial charge in [-0.1, -0.05) is 18.2 Å². The van der Waals surface area contributed by atoms with Gasteiger partial charge in [0.2, 0.25) is 5.91 Å². The molecule has 0 fully saturated rings. The number of para-hydroxylation sites is 1. The first-order valence-electron chi connectivity index (χ1n) is 8.50. The van der Waals surface area contributed by atoms with Crippen LogP contribution >= 0.6 is 0 Å². The molecule has 1 amide bonds. The molecule has 4 rings (SSSR count). The van der Waals surface area contributed by atoms with Crippen molar-refractivity contribution in [2.45, 2.75) is 13.0 Å². The van der Waals surface area contributed by atoms with E-state index in [-0.39, 0.29) is 11.5 Å². The Balaban J connectivity index is 1.40. The largest absolute Gasteiger partial charge is 0.459 e. The third-order valence-electron chi connectivity index (χ3n) is 4.59. The van der Waals surface area contributed by atoms with Crippen molar-refractivity contribution in [3.05, 3.63) is 71.0 Å². The molecule has 4 aromatic rings. The molecule has 0 saturated heterocycles. The first-order chi connectivity index (χ1) is 12.6. The molecule has 6 nitrogen and oxygen atoms in total. The van der Waals surface area contributed by atoms with Gasteiger partial charge in [-0.05, 0) is 23.8 Å². The first kappa shape index (κ1) is 16.2. The van der Waals surface area contributed by atoms with E-state index >= 15 is 0 Å². The molecule has 0 radical (unpaired) electrons. The van der Waals surface area contributed by atoms with E-state index in [1.807, 2.05) is 48.1 Å². The zero-order chi connectivity index (χ0) is 18.1. The number of benzene rings is 1. The maximum absolute atomic E-state index is 12.3. The lowest BCUT2D eigenvalue weighted by Gasteiger charge is -2.07. The highest BCUT2D eigenvalue weighted by atomic mass is 16.3. The Labute approximate surface area is 149 Å². The fourth-order valence-corrected chi connectivity index (χ4v) is 3.29. The summed E-state index contributed by atoms with van der Waals surface area (Å²) in [6.07, 6.45) is 5.52. The number of rotatable bonds is 5. The minimum atomic E-state index is -0.184. The number of nitrogens with one attached hydrogen (secondary N) is 1. The predicted octanol–water partition coefficient (Wildman–Crippen LogP) is 2.45. The molecule has 3 aromatic heterocycles. The van der Waals surface area contributed by atoms with E-state index in [0.29, 0.717) is 25.1 Å². The van der Waals surface area contributed by atoms with Gasteiger partial charge in [0, 0.05) is 48.8 Å². The molecule has 0 unspecified atom stereocenters. The van der Waals surface area contributed by atoms with Crippen LogP contribution in [-0.4, -0.2) is 21.6 Å². The fraction of sp³-hybridized carbons (Fsp3) is 0.200. The highest BCUT2D eigenvalue weighted by molar-refractivity contribution is 5.89. The Morgan fingerprint density at radius 2 is 2.04 bits per heavy atom. The van der Waals surface area contributed by atoms with Crippen molar-refractivity contribution in [2.24, 2.45) is 7.05 Å². The molecule has 0 aliphatic heterocycles. The Hall–Kier alpha value is -3.28. The van der Waals surface area contributed by atoms with Crippen molar-refractivity contribution in [1.29, 1.82) is 0 Å². The second kappa shape index (κ2) is 6.55. The lowest BCUT2D eigenvalue weighted by atomic mass is 10.1. The molecule has 0 aliphatic rings. The van der Waals surface area contributed by atoms with E-state index in [2.05, 4.69) is 5.32 Å². The van der Waals surface area contributed by atoms with Gasteiger partial charge in [-0.3, -0.25) is 9.59 Å². The molecule has 26 heavy (non-hydrogen) atoms. The minimum Gasteiger partial charge on any atom is -0.459 e. The number of hydrogen-bond donors (Lipinski definition) is 1. The van der Waals surface area contributed by atoms with Crippen LogP contribution in [0.5, 0.6) is 0 Å². The number of carbonyl (C=O) groups is 1. The average molecular weight is 349 g/mol. The van der Waals surface area contributed by atoms with Gasteiger partial charge in [-0.25, -0.2) is 0 Å². The summed E-state index contributed by atoms with van der Waals surface area (Å²) in [4.78, 5) is 24.5. The van der Waals surface area contributed by atoms with Crippen LogP contribution in [0.2, 0.25) is 0 Å². The second-order valence-electron chi connectivity index (χ2n) is 6.33. The van der Waals surface area contributed by atoms with Crippen molar-refractivity contribution < 1.29 is 9.21 Å². The van der Waals surface area contributed by atoms with Crippen LogP contribution in [0.4, 0.5) is 0 Å². The summed E-state index contributed by atoms with van der Waals surface area (Å²) in [6, 6.07) is 11.6. The lowest BCUT2D eigenvalue weighted by molar-refractivity contribution is -0.120. The number of fused-ring (bicyclic) bond motifs is 2. The summed E-state index contributed by atoms with van der Waals surface area (Å²) in [5, 5.41) is 4.76. The SMILES string of the molecule is Cn1cc(CC(=O)NCCn2ccc3ccoc3c2=O)c2ccccc21. The molecular formula is C20H19N3O3. The average Bonchev–Trinajstić information content (AvgIpc) is 3.23. The smallest absolute Gasteiger partial charge is 0.294 e. The van der Waals surface area contributed by atoms with Crippen molar-refractivity contribution in [2.75, 3.05) is 6.54 Å². The Morgan fingerprint density at radius 3 is 2.92 bits per heavy atom. The molecule has 132 valence electrons. The number of furan rings is 1. The maximum Gasteiger partial charge on any atom is 0.294 e. The van der Waals surface area contributed by atoms with Gasteiger partial charge in [-0.2, -0.15) is 0 Å². The summed E-state index contributed by atoms with van der Waals surface area (Å²) in [5.74, 6) is -0.0616. The van der Waals surface area contributed by atoms with E-state index in [4.69, 9.17) is 4.42 Å². The fourth-order valence-electron chi connectivity index (χ4n) is 3.29. The quantitative estimate of drug-likeness (QED) is 0.602. The predicted molar refractivity (Wildman–Crippen MR) is 100 cm³/mol. The standard InChI is InChI=1S/C20H19N3O3/c1-22-13-15(16-4-2-3-5-17(16)22)12-18(24)21-8-10-23-9-6-14-7-11-26-19(14)20(23)25/h2-7,9,11,13H,8,10,12H2,1H3,(H,21,24). The van der Waals surface area contributed by atoms with Crippen LogP contribution in [0, 0.1) is 0 Å². The van der Waals surface area contributed by atoms with Crippen LogP contribution in [-0.2, 0) is 24.8 Å². The summed E-state index contributed by atoms with van der Waals surface area (Å²) < 4.78 is 8.79. The van der Waals surface area contributed by atoms with Gasteiger partial charge in [0.25, 0.3) is 5.56 Å². The lowest BCUT2D eigenvalue weighted by Crippen LogP contribution is -2.31. The van der Waals surface area contributed by atoms with Gasteiger partial charge in [-0.15, -0.1) is 0 Å². The van der Waals surface area contributed by atoms with E-state index in [1.54, 1.807) is 16.8 Å². The zero-order valence-electron chi connectivity index (χ0n) is 14.4. The Morgan fingerprint density at radius 1 is 1.19 bits per heavy atom. The van der Waals surface area contributed by atoms with Crippen LogP contribution in [0.25, 0.3) is 21.9 Å². The number of amides is 1. The highest BCUT2D eigenvalue weighted by Gasteiger charge is 2.10. The van der Waals surface area contributed by atoms with Gasteiger partial charge < -0.3 is 18.9 Å². The maximum atomic E-state index is 12.3. The molecule has 0 aliphatic carbocycles. The van der Waals surface area contributed by atoms with E-state index < -0.39 is 0 Å². The minimum absolute atomic E-state index is 0.0616. The van der Waals surface area contributed by atoms with Crippen LogP contribution in [0.3, 0.4) is 0 Å². The van der Waals surface area contributed by atoms with Gasteiger partial charge in [0.1, 0.15) is 0 Å². The third-order valence-corrected chi connectivity index (χ3v) is 4.59. The summed E-state index contributed by atoms with van der Waals surface area (Å²) in [7, 11) is 1.97. The number of carbonyl (C=O) groups excluding carboxylic acids is 1.